The first-order valence-corrected chi connectivity index (χ1v) is 7.29. The number of nitrogens with zero attached hydrogens (tertiary/aromatic N) is 3. The zero-order chi connectivity index (χ0) is 14.9. The summed E-state index contributed by atoms with van der Waals surface area (Å²) in [6, 6.07) is 9.23. The first kappa shape index (κ1) is 18.2. The Bertz CT molecular complexity index is 697. The molecule has 1 aromatic heterocycles. The molecule has 0 fully saturated rings. The van der Waals surface area contributed by atoms with Gasteiger partial charge in [0, 0.05) is 14.1 Å². The van der Waals surface area contributed by atoms with E-state index in [1.165, 1.54) is 9.58 Å². The predicted octanol–water partition coefficient (Wildman–Crippen LogP) is -2.24. The van der Waals surface area contributed by atoms with Gasteiger partial charge in [-0.1, -0.05) is 18.2 Å². The molecule has 21 heavy (non-hydrogen) atoms. The maximum Gasteiger partial charge on any atom is 1.00 e. The van der Waals surface area contributed by atoms with Crippen molar-refractivity contribution in [1.82, 2.24) is 9.36 Å². The average molecular weight is 317 g/mol. The summed E-state index contributed by atoms with van der Waals surface area (Å²) >= 11 is -2.24. The van der Waals surface area contributed by atoms with Gasteiger partial charge < -0.3 is 9.45 Å². The summed E-state index contributed by atoms with van der Waals surface area (Å²) in [5.74, 6) is -0.213. The van der Waals surface area contributed by atoms with E-state index in [2.05, 4.69) is 0 Å². The standard InChI is InChI=1S/C13H17N3O3S.Na/c1-10-12(14(2)9-20(18)19)13(17)16(15(10)3)11-7-5-4-6-8-11;/h4-8H,9H2,1-3H3,(H,18,19);/q;+1/p-1. The Morgan fingerprint density at radius 3 is 2.38 bits per heavy atom. The minimum atomic E-state index is -2.24. The van der Waals surface area contributed by atoms with E-state index in [0.717, 1.165) is 5.69 Å². The van der Waals surface area contributed by atoms with Crippen LogP contribution >= 0.6 is 0 Å². The van der Waals surface area contributed by atoms with Crippen molar-refractivity contribution in [3.8, 4) is 5.69 Å². The second-order valence-electron chi connectivity index (χ2n) is 4.54. The third kappa shape index (κ3) is 3.67. The molecule has 1 heterocycles. The fourth-order valence-corrected chi connectivity index (χ4v) is 2.66. The van der Waals surface area contributed by atoms with Crippen LogP contribution in [-0.4, -0.2) is 31.0 Å². The summed E-state index contributed by atoms with van der Waals surface area (Å²) in [5, 5.41) is 0. The molecule has 6 nitrogen and oxygen atoms in total. The van der Waals surface area contributed by atoms with Crippen LogP contribution in [0.2, 0.25) is 0 Å². The molecule has 0 spiro atoms. The third-order valence-corrected chi connectivity index (χ3v) is 3.80. The minimum Gasteiger partial charge on any atom is -0.771 e. The fraction of sp³-hybridized carbons (Fsp3) is 0.308. The van der Waals surface area contributed by atoms with Crippen LogP contribution in [0.15, 0.2) is 35.1 Å². The Labute approximate surface area is 147 Å². The molecule has 2 aromatic rings. The van der Waals surface area contributed by atoms with Crippen LogP contribution in [0, 0.1) is 6.92 Å². The van der Waals surface area contributed by atoms with Gasteiger partial charge in [-0.3, -0.25) is 13.7 Å². The van der Waals surface area contributed by atoms with Crippen LogP contribution in [0.3, 0.4) is 0 Å². The number of benzene rings is 1. The van der Waals surface area contributed by atoms with Crippen molar-refractivity contribution in [3.63, 3.8) is 0 Å². The molecule has 0 aliphatic heterocycles. The summed E-state index contributed by atoms with van der Waals surface area (Å²) in [7, 11) is 3.37. The number of para-hydroxylation sites is 1. The van der Waals surface area contributed by atoms with Crippen LogP contribution < -0.4 is 40.0 Å². The SMILES string of the molecule is Cc1c(N(C)CS(=O)[O-])c(=O)n(-c2ccccc2)n1C.[Na+]. The van der Waals surface area contributed by atoms with Crippen LogP contribution in [-0.2, 0) is 18.1 Å². The monoisotopic (exact) mass is 317 g/mol. The van der Waals surface area contributed by atoms with E-state index in [1.54, 1.807) is 25.7 Å². The minimum absolute atomic E-state index is 0. The average Bonchev–Trinajstić information content (AvgIpc) is 2.60. The molecule has 0 aliphatic rings. The van der Waals surface area contributed by atoms with Gasteiger partial charge in [-0.25, -0.2) is 4.68 Å². The molecule has 0 saturated carbocycles. The first-order valence-electron chi connectivity index (χ1n) is 6.04. The van der Waals surface area contributed by atoms with E-state index in [-0.39, 0.29) is 41.0 Å². The Balaban J connectivity index is 0.00000220. The second kappa shape index (κ2) is 7.42. The summed E-state index contributed by atoms with van der Waals surface area (Å²) in [6.45, 7) is 1.79. The summed E-state index contributed by atoms with van der Waals surface area (Å²) in [4.78, 5) is 14.0. The molecule has 0 saturated heterocycles. The normalized spacial score (nSPS) is 11.8. The van der Waals surface area contributed by atoms with Crippen molar-refractivity contribution in [2.75, 3.05) is 17.8 Å². The van der Waals surface area contributed by atoms with E-state index in [1.807, 2.05) is 30.3 Å². The Morgan fingerprint density at radius 1 is 1.29 bits per heavy atom. The molecule has 1 atom stereocenters. The Hall–Kier alpha value is -0.860. The quantitative estimate of drug-likeness (QED) is 0.472. The van der Waals surface area contributed by atoms with Crippen LogP contribution in [0.4, 0.5) is 5.69 Å². The molecular formula is C13H16N3NaO3S. The Morgan fingerprint density at radius 2 is 1.86 bits per heavy atom. The molecular weight excluding hydrogens is 301 g/mol. The largest absolute Gasteiger partial charge is 1.00 e. The van der Waals surface area contributed by atoms with Gasteiger partial charge in [0.15, 0.2) is 0 Å². The van der Waals surface area contributed by atoms with Crippen molar-refractivity contribution in [1.29, 1.82) is 0 Å². The van der Waals surface area contributed by atoms with Gasteiger partial charge in [0.25, 0.3) is 5.56 Å². The van der Waals surface area contributed by atoms with E-state index in [4.69, 9.17) is 0 Å². The smallest absolute Gasteiger partial charge is 0.771 e. The number of anilines is 1. The zero-order valence-electron chi connectivity index (χ0n) is 12.6. The van der Waals surface area contributed by atoms with Gasteiger partial charge in [0.1, 0.15) is 5.69 Å². The molecule has 2 rings (SSSR count). The van der Waals surface area contributed by atoms with Gasteiger partial charge >= 0.3 is 29.6 Å². The fourth-order valence-electron chi connectivity index (χ4n) is 2.22. The molecule has 1 aromatic carbocycles. The molecule has 0 aliphatic carbocycles. The van der Waals surface area contributed by atoms with E-state index in [0.29, 0.717) is 11.4 Å². The van der Waals surface area contributed by atoms with Gasteiger partial charge in [0.05, 0.1) is 17.3 Å². The number of hydrogen-bond acceptors (Lipinski definition) is 4. The number of rotatable bonds is 4. The molecule has 108 valence electrons. The predicted molar refractivity (Wildman–Crippen MR) is 77.9 cm³/mol. The van der Waals surface area contributed by atoms with Gasteiger partial charge in [-0.05, 0) is 30.1 Å². The molecule has 1 unspecified atom stereocenters. The number of aromatic nitrogens is 2. The van der Waals surface area contributed by atoms with Gasteiger partial charge in [-0.2, -0.15) is 0 Å². The maximum absolute atomic E-state index is 12.5. The van der Waals surface area contributed by atoms with E-state index < -0.39 is 11.1 Å². The first-order chi connectivity index (χ1) is 9.43. The van der Waals surface area contributed by atoms with Crippen LogP contribution in [0.1, 0.15) is 5.69 Å². The molecule has 8 heteroatoms. The summed E-state index contributed by atoms with van der Waals surface area (Å²) in [5.41, 5.74) is 1.61. The van der Waals surface area contributed by atoms with Gasteiger partial charge in [-0.15, -0.1) is 0 Å². The topological polar surface area (TPSA) is 70.3 Å². The van der Waals surface area contributed by atoms with Gasteiger partial charge in [0.2, 0.25) is 0 Å². The van der Waals surface area contributed by atoms with Crippen LogP contribution in [0.5, 0.6) is 0 Å². The Kier molecular flexibility index (Phi) is 6.42. The van der Waals surface area contributed by atoms with Crippen molar-refractivity contribution in [2.24, 2.45) is 7.05 Å². The molecule has 0 bridgehead atoms. The third-order valence-electron chi connectivity index (χ3n) is 3.20. The van der Waals surface area contributed by atoms with Crippen molar-refractivity contribution < 1.29 is 38.3 Å². The second-order valence-corrected chi connectivity index (χ2v) is 5.41. The van der Waals surface area contributed by atoms with Crippen LogP contribution in [0.25, 0.3) is 5.69 Å². The summed E-state index contributed by atoms with van der Waals surface area (Å²) in [6.07, 6.45) is 0. The van der Waals surface area contributed by atoms with Crippen molar-refractivity contribution in [3.05, 3.63) is 46.4 Å². The van der Waals surface area contributed by atoms with Crippen molar-refractivity contribution in [2.45, 2.75) is 6.92 Å². The molecule has 0 amide bonds. The maximum atomic E-state index is 12.5. The van der Waals surface area contributed by atoms with E-state index in [9.17, 15) is 13.6 Å². The zero-order valence-corrected chi connectivity index (χ0v) is 15.4. The van der Waals surface area contributed by atoms with E-state index >= 15 is 0 Å². The molecule has 0 N–H and O–H groups in total. The number of hydrogen-bond donors (Lipinski definition) is 0. The van der Waals surface area contributed by atoms with Crippen molar-refractivity contribution >= 4 is 16.8 Å². The summed E-state index contributed by atoms with van der Waals surface area (Å²) < 4.78 is 24.9. The molecule has 0 radical (unpaired) electrons.